The van der Waals surface area contributed by atoms with Crippen LogP contribution in [-0.4, -0.2) is 21.9 Å². The van der Waals surface area contributed by atoms with Gasteiger partial charge in [-0.05, 0) is 97.2 Å². The second-order valence-corrected chi connectivity index (χ2v) is 12.5. The molecule has 2 aliphatic carbocycles. The number of ketones is 1. The van der Waals surface area contributed by atoms with Crippen molar-refractivity contribution in [2.24, 2.45) is 0 Å². The van der Waals surface area contributed by atoms with E-state index in [4.69, 9.17) is 14.2 Å². The molecule has 0 unspecified atom stereocenters. The van der Waals surface area contributed by atoms with Crippen molar-refractivity contribution in [1.82, 2.24) is 0 Å². The van der Waals surface area contributed by atoms with E-state index in [1.54, 1.807) is 21.6 Å². The van der Waals surface area contributed by atoms with Crippen LogP contribution in [0.1, 0.15) is 80.1 Å². The number of rotatable bonds is 0. The predicted molar refractivity (Wildman–Crippen MR) is 136 cm³/mol. The van der Waals surface area contributed by atoms with E-state index in [1.165, 1.54) is 12.8 Å². The summed E-state index contributed by atoms with van der Waals surface area (Å²) in [7, 11) is 3.29. The molecule has 6 heteroatoms. The van der Waals surface area contributed by atoms with Crippen molar-refractivity contribution in [3.05, 3.63) is 64.6 Å². The number of carbonyl (C=O) groups excluding carboxylic acids is 1. The summed E-state index contributed by atoms with van der Waals surface area (Å²) in [6.45, 7) is 0. The topological polar surface area (TPSA) is 44.8 Å². The lowest BCUT2D eigenvalue weighted by Gasteiger charge is -2.55. The third-order valence-corrected chi connectivity index (χ3v) is 11.3. The van der Waals surface area contributed by atoms with Gasteiger partial charge in [0.15, 0.2) is 5.60 Å². The lowest BCUT2D eigenvalue weighted by Crippen LogP contribution is -2.65. The minimum Gasteiger partial charge on any atom is -0.481 e. The first-order chi connectivity index (χ1) is 16.7. The molecule has 0 saturated heterocycles. The number of hydrogen-bond acceptors (Lipinski definition) is 6. The smallest absolute Gasteiger partial charge is 0.266 e. The minimum absolute atomic E-state index is 0.0435. The molecular formula is C28H28O4S2. The van der Waals surface area contributed by atoms with Crippen molar-refractivity contribution in [1.29, 1.82) is 0 Å². The van der Waals surface area contributed by atoms with Crippen LogP contribution in [0.2, 0.25) is 0 Å². The lowest BCUT2D eigenvalue weighted by atomic mass is 9.75. The quantitative estimate of drug-likeness (QED) is 0.354. The highest BCUT2D eigenvalue weighted by Gasteiger charge is 2.67. The fourth-order valence-corrected chi connectivity index (χ4v) is 10.1. The van der Waals surface area contributed by atoms with E-state index in [9.17, 15) is 4.79 Å². The fourth-order valence-electron chi connectivity index (χ4n) is 6.47. The zero-order chi connectivity index (χ0) is 22.8. The maximum Gasteiger partial charge on any atom is 0.266 e. The molecule has 2 aromatic rings. The lowest BCUT2D eigenvalue weighted by molar-refractivity contribution is -0.0866. The first-order valence-corrected chi connectivity index (χ1v) is 14.7. The van der Waals surface area contributed by atoms with E-state index in [1.807, 2.05) is 42.5 Å². The molecule has 3 spiro atoms. The largest absolute Gasteiger partial charge is 0.481 e. The van der Waals surface area contributed by atoms with Crippen LogP contribution in [0, 0.1) is 0 Å². The van der Waals surface area contributed by atoms with Gasteiger partial charge in [-0.15, -0.1) is 0 Å². The average Bonchev–Trinajstić information content (AvgIpc) is 2.89. The third-order valence-electron chi connectivity index (χ3n) is 8.20. The van der Waals surface area contributed by atoms with E-state index >= 15 is 0 Å². The van der Waals surface area contributed by atoms with Crippen LogP contribution >= 0.6 is 21.6 Å². The Morgan fingerprint density at radius 1 is 0.676 bits per heavy atom. The van der Waals surface area contributed by atoms with Gasteiger partial charge in [-0.1, -0.05) is 37.1 Å². The van der Waals surface area contributed by atoms with Gasteiger partial charge in [0, 0.05) is 0 Å². The molecule has 1 atom stereocenters. The highest BCUT2D eigenvalue weighted by Crippen LogP contribution is 2.66. The molecule has 2 fully saturated rings. The molecule has 0 radical (unpaired) electrons. The Bertz CT molecular complexity index is 1190. The normalized spacial score (nSPS) is 28.4. The van der Waals surface area contributed by atoms with E-state index in [0.717, 1.165) is 73.3 Å². The zero-order valence-electron chi connectivity index (χ0n) is 19.1. The first-order valence-electron chi connectivity index (χ1n) is 12.6. The summed E-state index contributed by atoms with van der Waals surface area (Å²) < 4.78 is 20.6. The molecule has 4 nitrogen and oxygen atoms in total. The van der Waals surface area contributed by atoms with Crippen LogP contribution in [0.25, 0.3) is 5.76 Å². The van der Waals surface area contributed by atoms with Gasteiger partial charge >= 0.3 is 0 Å². The number of hydrogen-bond donors (Lipinski definition) is 0. The van der Waals surface area contributed by atoms with E-state index in [2.05, 4.69) is 6.07 Å². The van der Waals surface area contributed by atoms with Crippen molar-refractivity contribution in [3.63, 3.8) is 0 Å². The van der Waals surface area contributed by atoms with E-state index in [0.29, 0.717) is 11.3 Å². The van der Waals surface area contributed by atoms with Crippen molar-refractivity contribution in [2.75, 3.05) is 0 Å². The fraction of sp³-hybridized carbons (Fsp3) is 0.464. The van der Waals surface area contributed by atoms with E-state index in [-0.39, 0.29) is 11.4 Å². The van der Waals surface area contributed by atoms with Crippen LogP contribution in [0.5, 0.6) is 11.5 Å². The van der Waals surface area contributed by atoms with Crippen LogP contribution in [-0.2, 0) is 4.74 Å². The molecule has 2 saturated carbocycles. The maximum atomic E-state index is 14.3. The number of fused-ring (bicyclic) bond motifs is 5. The Morgan fingerprint density at radius 2 is 1.29 bits per heavy atom. The molecule has 0 amide bonds. The van der Waals surface area contributed by atoms with E-state index < -0.39 is 10.5 Å². The Morgan fingerprint density at radius 3 is 2.03 bits per heavy atom. The third kappa shape index (κ3) is 2.84. The van der Waals surface area contributed by atoms with Crippen molar-refractivity contribution < 1.29 is 19.0 Å². The first kappa shape index (κ1) is 21.3. The summed E-state index contributed by atoms with van der Waals surface area (Å²) >= 11 is 0. The molecule has 176 valence electrons. The highest BCUT2D eigenvalue weighted by molar-refractivity contribution is 8.79. The van der Waals surface area contributed by atoms with Crippen LogP contribution in [0.3, 0.4) is 0 Å². The molecule has 0 aromatic heterocycles. The van der Waals surface area contributed by atoms with Gasteiger partial charge in [0.25, 0.3) is 4.93 Å². The number of ether oxygens (including phenoxy) is 3. The number of para-hydroxylation sites is 2. The molecule has 0 N–H and O–H groups in total. The van der Waals surface area contributed by atoms with Crippen molar-refractivity contribution >= 4 is 33.1 Å². The van der Waals surface area contributed by atoms with Gasteiger partial charge < -0.3 is 14.2 Å². The number of Topliss-reactive ketones (excluding diaryl/α,β-unsaturated/α-hetero) is 1. The summed E-state index contributed by atoms with van der Waals surface area (Å²) in [5.74, 6) is 2.45. The summed E-state index contributed by atoms with van der Waals surface area (Å²) in [5, 5.41) is 0. The van der Waals surface area contributed by atoms with Gasteiger partial charge in [0.2, 0.25) is 5.78 Å². The molecule has 5 aliphatic rings. The second kappa shape index (κ2) is 7.72. The predicted octanol–water partition coefficient (Wildman–Crippen LogP) is 7.54. The van der Waals surface area contributed by atoms with Gasteiger partial charge in [-0.25, -0.2) is 0 Å². The minimum atomic E-state index is -1.11. The van der Waals surface area contributed by atoms with Gasteiger partial charge in [0.05, 0.1) is 16.0 Å². The molecule has 34 heavy (non-hydrogen) atoms. The Kier molecular flexibility index (Phi) is 4.83. The summed E-state index contributed by atoms with van der Waals surface area (Å²) in [6, 6.07) is 15.8. The monoisotopic (exact) mass is 492 g/mol. The van der Waals surface area contributed by atoms with Crippen LogP contribution in [0.4, 0.5) is 0 Å². The van der Waals surface area contributed by atoms with Gasteiger partial charge in [0.1, 0.15) is 22.9 Å². The summed E-state index contributed by atoms with van der Waals surface area (Å²) in [6.07, 6.45) is 10.4. The highest BCUT2D eigenvalue weighted by atomic mass is 33.1. The van der Waals surface area contributed by atoms with Gasteiger partial charge in [-0.2, -0.15) is 0 Å². The molecule has 2 aromatic carbocycles. The second-order valence-electron chi connectivity index (χ2n) is 10.2. The van der Waals surface area contributed by atoms with Crippen molar-refractivity contribution in [2.45, 2.75) is 80.3 Å². The number of carbonyl (C=O) groups is 1. The standard InChI is InChI=1S/C28H28O4S2/c29-24-20-12-4-6-14-22(20)31-27(17-9-2-10-18-27)28(24)32-23-19-11-3-5-13-21(19)30-26(25(23)33-34-28)15-7-1-8-16-26/h3-6,11-14H,1-2,7-10,15-18H2/t28-/m1/s1. The Labute approximate surface area is 208 Å². The Hall–Kier alpha value is -2.05. The van der Waals surface area contributed by atoms with Crippen LogP contribution in [0.15, 0.2) is 53.4 Å². The van der Waals surface area contributed by atoms with Crippen molar-refractivity contribution in [3.8, 4) is 11.5 Å². The maximum absolute atomic E-state index is 14.3. The summed E-state index contributed by atoms with van der Waals surface area (Å²) in [4.78, 5) is 14.4. The molecule has 0 bridgehead atoms. The molecule has 7 rings (SSSR count). The Balaban J connectivity index is 1.42. The average molecular weight is 493 g/mol. The zero-order valence-corrected chi connectivity index (χ0v) is 20.8. The summed E-state index contributed by atoms with van der Waals surface area (Å²) in [5.41, 5.74) is 0.569. The number of benzene rings is 2. The molecule has 3 heterocycles. The molecule has 3 aliphatic heterocycles. The van der Waals surface area contributed by atoms with Gasteiger partial charge in [-0.3, -0.25) is 4.79 Å². The van der Waals surface area contributed by atoms with Crippen LogP contribution < -0.4 is 9.47 Å². The SMILES string of the molecule is O=C1c2ccccc2OC2(CCCCC2)[C@@]12OC1=C(SS2)C2(CCCCC2)Oc2ccccc21. The molecular weight excluding hydrogens is 464 g/mol.